The second-order valence-corrected chi connectivity index (χ2v) is 6.76. The molecule has 4 N–H and O–H groups in total. The van der Waals surface area contributed by atoms with E-state index < -0.39 is 12.1 Å². The van der Waals surface area contributed by atoms with Gasteiger partial charge in [-0.2, -0.15) is 0 Å². The molecule has 8 nitrogen and oxygen atoms in total. The number of carbonyl (C=O) groups excluding carboxylic acids is 1. The van der Waals surface area contributed by atoms with Gasteiger partial charge in [-0.3, -0.25) is 4.79 Å². The van der Waals surface area contributed by atoms with E-state index in [4.69, 9.17) is 22.4 Å². The standard InChI is InChI=1S/C16H24ClN5O3/c1-9-12(13(18)21-15(17)19-9)4-3-11-5-7-22(8-6-11)14(23)10(2)20-16(24)25/h10-11,20H,3-8H2,1-2H3,(H,24,25)(H2,18,19,21). The summed E-state index contributed by atoms with van der Waals surface area (Å²) in [6.07, 6.45) is 2.32. The highest BCUT2D eigenvalue weighted by Gasteiger charge is 2.26. The first-order chi connectivity index (χ1) is 11.8. The molecule has 1 aromatic rings. The molecule has 2 heterocycles. The van der Waals surface area contributed by atoms with E-state index >= 15 is 0 Å². The maximum Gasteiger partial charge on any atom is 0.405 e. The summed E-state index contributed by atoms with van der Waals surface area (Å²) in [5.74, 6) is 0.743. The Kier molecular flexibility index (Phi) is 6.41. The Balaban J connectivity index is 1.83. The molecule has 1 aliphatic heterocycles. The lowest BCUT2D eigenvalue weighted by Gasteiger charge is -2.33. The van der Waals surface area contributed by atoms with Gasteiger partial charge in [0.25, 0.3) is 0 Å². The fraction of sp³-hybridized carbons (Fsp3) is 0.625. The smallest absolute Gasteiger partial charge is 0.405 e. The maximum absolute atomic E-state index is 12.2. The minimum Gasteiger partial charge on any atom is -0.465 e. The summed E-state index contributed by atoms with van der Waals surface area (Å²) in [6, 6.07) is -0.720. The molecule has 1 fully saturated rings. The monoisotopic (exact) mass is 369 g/mol. The number of anilines is 1. The van der Waals surface area contributed by atoms with Crippen molar-refractivity contribution in [1.82, 2.24) is 20.2 Å². The first-order valence-electron chi connectivity index (χ1n) is 8.34. The Hall–Kier alpha value is -2.09. The van der Waals surface area contributed by atoms with Crippen molar-refractivity contribution in [2.45, 2.75) is 45.6 Å². The number of carbonyl (C=O) groups is 2. The van der Waals surface area contributed by atoms with Crippen molar-refractivity contribution < 1.29 is 14.7 Å². The van der Waals surface area contributed by atoms with Gasteiger partial charge in [0.15, 0.2) is 0 Å². The van der Waals surface area contributed by atoms with E-state index in [0.29, 0.717) is 24.8 Å². The average Bonchev–Trinajstić information content (AvgIpc) is 2.53. The first-order valence-corrected chi connectivity index (χ1v) is 8.72. The van der Waals surface area contributed by atoms with E-state index in [1.807, 2.05) is 6.92 Å². The molecule has 9 heteroatoms. The zero-order valence-corrected chi connectivity index (χ0v) is 15.2. The van der Waals surface area contributed by atoms with Gasteiger partial charge in [-0.05, 0) is 57.0 Å². The molecule has 1 saturated heterocycles. The van der Waals surface area contributed by atoms with Crippen LogP contribution < -0.4 is 11.1 Å². The summed E-state index contributed by atoms with van der Waals surface area (Å²) in [5.41, 5.74) is 7.67. The number of nitrogens with zero attached hydrogens (tertiary/aromatic N) is 3. The maximum atomic E-state index is 12.2. The Morgan fingerprint density at radius 2 is 2.04 bits per heavy atom. The summed E-state index contributed by atoms with van der Waals surface area (Å²) in [6.45, 7) is 4.72. The Labute approximate surface area is 151 Å². The highest BCUT2D eigenvalue weighted by atomic mass is 35.5. The van der Waals surface area contributed by atoms with Crippen LogP contribution in [0.4, 0.5) is 10.6 Å². The third kappa shape index (κ3) is 5.19. The number of hydrogen-bond acceptors (Lipinski definition) is 5. The molecule has 25 heavy (non-hydrogen) atoms. The van der Waals surface area contributed by atoms with Crippen molar-refractivity contribution >= 4 is 29.4 Å². The van der Waals surface area contributed by atoms with Crippen molar-refractivity contribution in [3.8, 4) is 0 Å². The van der Waals surface area contributed by atoms with E-state index in [0.717, 1.165) is 36.9 Å². The van der Waals surface area contributed by atoms with Gasteiger partial charge >= 0.3 is 6.09 Å². The normalized spacial score (nSPS) is 16.5. The average molecular weight is 370 g/mol. The summed E-state index contributed by atoms with van der Waals surface area (Å²) >= 11 is 5.79. The minimum absolute atomic E-state index is 0.162. The van der Waals surface area contributed by atoms with E-state index in [-0.39, 0.29) is 11.2 Å². The van der Waals surface area contributed by atoms with E-state index in [1.165, 1.54) is 0 Å². The summed E-state index contributed by atoms with van der Waals surface area (Å²) in [7, 11) is 0. The van der Waals surface area contributed by atoms with Gasteiger partial charge in [0.2, 0.25) is 11.2 Å². The van der Waals surface area contributed by atoms with Crippen molar-refractivity contribution in [3.05, 3.63) is 16.5 Å². The molecule has 1 aromatic heterocycles. The molecule has 0 bridgehead atoms. The number of nitrogen functional groups attached to an aromatic ring is 1. The number of amides is 2. The number of nitrogens with two attached hydrogens (primary N) is 1. The molecule has 0 saturated carbocycles. The molecular formula is C16H24ClN5O3. The largest absolute Gasteiger partial charge is 0.465 e. The van der Waals surface area contributed by atoms with Crippen LogP contribution in [0.15, 0.2) is 0 Å². The molecule has 1 aliphatic rings. The lowest BCUT2D eigenvalue weighted by molar-refractivity contribution is -0.134. The third-order valence-electron chi connectivity index (χ3n) is 4.66. The predicted octanol–water partition coefficient (Wildman–Crippen LogP) is 1.85. The van der Waals surface area contributed by atoms with Crippen molar-refractivity contribution in [2.24, 2.45) is 5.92 Å². The van der Waals surface area contributed by atoms with E-state index in [1.54, 1.807) is 11.8 Å². The Morgan fingerprint density at radius 3 is 2.60 bits per heavy atom. The highest BCUT2D eigenvalue weighted by Crippen LogP contribution is 2.25. The third-order valence-corrected chi connectivity index (χ3v) is 4.83. The molecule has 0 aromatic carbocycles. The number of likely N-dealkylation sites (tertiary alicyclic amines) is 1. The number of hydrogen-bond donors (Lipinski definition) is 3. The molecule has 2 rings (SSSR count). The summed E-state index contributed by atoms with van der Waals surface area (Å²) < 4.78 is 0. The van der Waals surface area contributed by atoms with Gasteiger partial charge in [0.05, 0.1) is 0 Å². The number of halogens is 1. The number of nitrogens with one attached hydrogen (secondary N) is 1. The van der Waals surface area contributed by atoms with E-state index in [9.17, 15) is 9.59 Å². The lowest BCUT2D eigenvalue weighted by atomic mass is 9.90. The van der Waals surface area contributed by atoms with Gasteiger partial charge in [-0.25, -0.2) is 14.8 Å². The van der Waals surface area contributed by atoms with Crippen LogP contribution in [0.5, 0.6) is 0 Å². The van der Waals surface area contributed by atoms with Crippen LogP contribution in [0.2, 0.25) is 5.28 Å². The van der Waals surface area contributed by atoms with Gasteiger partial charge in [-0.15, -0.1) is 0 Å². The Bertz CT molecular complexity index is 624. The SMILES string of the molecule is Cc1nc(Cl)nc(N)c1CCC1CCN(C(=O)C(C)NC(=O)O)CC1. The second kappa shape index (κ2) is 8.33. The van der Waals surface area contributed by atoms with E-state index in [2.05, 4.69) is 15.3 Å². The summed E-state index contributed by atoms with van der Waals surface area (Å²) in [5, 5.41) is 11.1. The molecule has 2 amide bonds. The van der Waals surface area contributed by atoms with Crippen molar-refractivity contribution in [2.75, 3.05) is 18.8 Å². The number of piperidine rings is 1. The topological polar surface area (TPSA) is 121 Å². The number of aryl methyl sites for hydroxylation is 1. The molecular weight excluding hydrogens is 346 g/mol. The van der Waals surface area contributed by atoms with Crippen molar-refractivity contribution in [3.63, 3.8) is 0 Å². The minimum atomic E-state index is -1.19. The van der Waals surface area contributed by atoms with Gasteiger partial charge in [0, 0.05) is 24.3 Å². The van der Waals surface area contributed by atoms with Crippen LogP contribution in [0.3, 0.4) is 0 Å². The van der Waals surface area contributed by atoms with Crippen LogP contribution in [0.1, 0.15) is 37.4 Å². The lowest BCUT2D eigenvalue weighted by Crippen LogP contribution is -2.49. The fourth-order valence-electron chi connectivity index (χ4n) is 3.20. The first kappa shape index (κ1) is 19.2. The molecule has 0 radical (unpaired) electrons. The predicted molar refractivity (Wildman–Crippen MR) is 94.4 cm³/mol. The molecule has 0 spiro atoms. The van der Waals surface area contributed by atoms with Crippen LogP contribution in [0.25, 0.3) is 0 Å². The fourth-order valence-corrected chi connectivity index (χ4v) is 3.42. The zero-order valence-electron chi connectivity index (χ0n) is 14.5. The highest BCUT2D eigenvalue weighted by molar-refractivity contribution is 6.28. The summed E-state index contributed by atoms with van der Waals surface area (Å²) in [4.78, 5) is 32.7. The molecule has 1 atom stereocenters. The zero-order chi connectivity index (χ0) is 18.6. The van der Waals surface area contributed by atoms with Gasteiger partial charge in [0.1, 0.15) is 11.9 Å². The van der Waals surface area contributed by atoms with Crippen LogP contribution in [-0.4, -0.2) is 51.1 Å². The van der Waals surface area contributed by atoms with Gasteiger partial charge in [-0.1, -0.05) is 0 Å². The van der Waals surface area contributed by atoms with Crippen LogP contribution in [-0.2, 0) is 11.2 Å². The van der Waals surface area contributed by atoms with Crippen LogP contribution >= 0.6 is 11.6 Å². The molecule has 138 valence electrons. The van der Waals surface area contributed by atoms with Crippen LogP contribution in [0, 0.1) is 12.8 Å². The number of aromatic nitrogens is 2. The molecule has 1 unspecified atom stereocenters. The Morgan fingerprint density at radius 1 is 1.40 bits per heavy atom. The number of carboxylic acid groups (broad SMARTS) is 1. The quantitative estimate of drug-likeness (QED) is 0.681. The molecule has 0 aliphatic carbocycles. The number of rotatable bonds is 5. The second-order valence-electron chi connectivity index (χ2n) is 6.42. The van der Waals surface area contributed by atoms with Gasteiger partial charge < -0.3 is 21.1 Å². The van der Waals surface area contributed by atoms with Crippen molar-refractivity contribution in [1.29, 1.82) is 0 Å².